The van der Waals surface area contributed by atoms with E-state index in [1.54, 1.807) is 0 Å². The second kappa shape index (κ2) is 6.30. The van der Waals surface area contributed by atoms with E-state index in [9.17, 15) is 0 Å². The summed E-state index contributed by atoms with van der Waals surface area (Å²) in [7, 11) is 0. The van der Waals surface area contributed by atoms with Crippen molar-refractivity contribution in [2.45, 2.75) is 12.2 Å². The lowest BCUT2D eigenvalue weighted by molar-refractivity contribution is -0.0936. The molecule has 0 saturated carbocycles. The highest BCUT2D eigenvalue weighted by Crippen LogP contribution is 2.31. The highest BCUT2D eigenvalue weighted by Gasteiger charge is 2.24. The molecule has 0 spiro atoms. The SMILES string of the molecule is c1ccc2c(C3COCCO3)cc(C3COCCO3)nc2c1. The number of ether oxygens (including phenoxy) is 4. The van der Waals surface area contributed by atoms with Crippen molar-refractivity contribution in [3.63, 3.8) is 0 Å². The summed E-state index contributed by atoms with van der Waals surface area (Å²) in [6.45, 7) is 3.67. The van der Waals surface area contributed by atoms with Gasteiger partial charge in [0, 0.05) is 5.39 Å². The van der Waals surface area contributed by atoms with E-state index in [-0.39, 0.29) is 12.2 Å². The zero-order valence-electron chi connectivity index (χ0n) is 12.4. The maximum Gasteiger partial charge on any atom is 0.123 e. The number of hydrogen-bond donors (Lipinski definition) is 0. The fourth-order valence-electron chi connectivity index (χ4n) is 2.98. The van der Waals surface area contributed by atoms with Crippen molar-refractivity contribution in [1.29, 1.82) is 0 Å². The minimum Gasteiger partial charge on any atom is -0.376 e. The molecule has 2 aliphatic rings. The molecule has 0 bridgehead atoms. The Morgan fingerprint density at radius 1 is 0.864 bits per heavy atom. The average molecular weight is 301 g/mol. The Bertz CT molecular complexity index is 648. The minimum atomic E-state index is -0.110. The van der Waals surface area contributed by atoms with Crippen LogP contribution in [-0.2, 0) is 18.9 Å². The van der Waals surface area contributed by atoms with Gasteiger partial charge in [0.05, 0.1) is 50.9 Å². The van der Waals surface area contributed by atoms with Crippen LogP contribution < -0.4 is 0 Å². The van der Waals surface area contributed by atoms with E-state index < -0.39 is 0 Å². The number of nitrogens with zero attached hydrogens (tertiary/aromatic N) is 1. The lowest BCUT2D eigenvalue weighted by atomic mass is 10.0. The van der Waals surface area contributed by atoms with Gasteiger partial charge >= 0.3 is 0 Å². The minimum absolute atomic E-state index is 0.0510. The lowest BCUT2D eigenvalue weighted by Crippen LogP contribution is -2.25. The largest absolute Gasteiger partial charge is 0.376 e. The first-order valence-electron chi connectivity index (χ1n) is 7.70. The van der Waals surface area contributed by atoms with Gasteiger partial charge in [0.2, 0.25) is 0 Å². The van der Waals surface area contributed by atoms with Crippen LogP contribution in [0.3, 0.4) is 0 Å². The molecule has 22 heavy (non-hydrogen) atoms. The summed E-state index contributed by atoms with van der Waals surface area (Å²) in [5, 5.41) is 1.11. The van der Waals surface area contributed by atoms with E-state index >= 15 is 0 Å². The molecule has 0 aliphatic carbocycles. The molecule has 2 unspecified atom stereocenters. The predicted octanol–water partition coefficient (Wildman–Crippen LogP) is 2.41. The number of fused-ring (bicyclic) bond motifs is 1. The zero-order valence-corrected chi connectivity index (χ0v) is 12.4. The Morgan fingerprint density at radius 3 is 2.32 bits per heavy atom. The Labute approximate surface area is 129 Å². The average Bonchev–Trinajstić information content (AvgIpc) is 2.62. The molecule has 1 aromatic carbocycles. The van der Waals surface area contributed by atoms with Crippen LogP contribution in [0.5, 0.6) is 0 Å². The second-order valence-electron chi connectivity index (χ2n) is 5.52. The number of hydrogen-bond acceptors (Lipinski definition) is 5. The third-order valence-electron chi connectivity index (χ3n) is 4.08. The smallest absolute Gasteiger partial charge is 0.123 e. The van der Waals surface area contributed by atoms with Crippen LogP contribution in [0, 0.1) is 0 Å². The number of pyridine rings is 1. The summed E-state index contributed by atoms with van der Waals surface area (Å²) < 4.78 is 22.8. The molecule has 2 aromatic rings. The van der Waals surface area contributed by atoms with Gasteiger partial charge in [-0.2, -0.15) is 0 Å². The van der Waals surface area contributed by atoms with E-state index in [1.807, 2.05) is 18.2 Å². The van der Waals surface area contributed by atoms with Gasteiger partial charge in [0.15, 0.2) is 0 Å². The van der Waals surface area contributed by atoms with Crippen LogP contribution in [0.1, 0.15) is 23.5 Å². The number of rotatable bonds is 2. The summed E-state index contributed by atoms with van der Waals surface area (Å²) in [5.41, 5.74) is 2.98. The van der Waals surface area contributed by atoms with Gasteiger partial charge in [0.25, 0.3) is 0 Å². The quantitative estimate of drug-likeness (QED) is 0.852. The molecule has 1 aromatic heterocycles. The van der Waals surface area contributed by atoms with E-state index in [2.05, 4.69) is 12.1 Å². The maximum atomic E-state index is 5.89. The number of benzene rings is 1. The molecule has 2 saturated heterocycles. The highest BCUT2D eigenvalue weighted by molar-refractivity contribution is 5.82. The number of para-hydroxylation sites is 1. The van der Waals surface area contributed by atoms with Crippen LogP contribution in [0.15, 0.2) is 30.3 Å². The van der Waals surface area contributed by atoms with Gasteiger partial charge in [-0.3, -0.25) is 0 Å². The van der Waals surface area contributed by atoms with Crippen molar-refractivity contribution in [2.75, 3.05) is 39.6 Å². The summed E-state index contributed by atoms with van der Waals surface area (Å²) in [6, 6.07) is 10.2. The van der Waals surface area contributed by atoms with E-state index in [1.165, 1.54) is 0 Å². The van der Waals surface area contributed by atoms with Gasteiger partial charge in [0.1, 0.15) is 12.2 Å². The third-order valence-corrected chi connectivity index (χ3v) is 4.08. The molecule has 0 radical (unpaired) electrons. The molecule has 2 aliphatic heterocycles. The van der Waals surface area contributed by atoms with Crippen molar-refractivity contribution in [2.24, 2.45) is 0 Å². The normalized spacial score (nSPS) is 26.2. The van der Waals surface area contributed by atoms with Crippen LogP contribution in [0.25, 0.3) is 10.9 Å². The molecular formula is C17H19NO4. The molecular weight excluding hydrogens is 282 g/mol. The summed E-state index contributed by atoms with van der Waals surface area (Å²) in [5.74, 6) is 0. The molecule has 116 valence electrons. The molecule has 2 fully saturated rings. The van der Waals surface area contributed by atoms with Crippen molar-refractivity contribution in [3.8, 4) is 0 Å². The van der Waals surface area contributed by atoms with Gasteiger partial charge in [-0.05, 0) is 17.7 Å². The summed E-state index contributed by atoms with van der Waals surface area (Å²) in [4.78, 5) is 4.75. The third kappa shape index (κ3) is 2.73. The monoisotopic (exact) mass is 301 g/mol. The van der Waals surface area contributed by atoms with Gasteiger partial charge in [-0.15, -0.1) is 0 Å². The molecule has 4 rings (SSSR count). The van der Waals surface area contributed by atoms with E-state index in [0.29, 0.717) is 39.6 Å². The Kier molecular flexibility index (Phi) is 4.03. The first kappa shape index (κ1) is 14.1. The zero-order chi connectivity index (χ0) is 14.8. The Hall–Kier alpha value is -1.53. The van der Waals surface area contributed by atoms with Crippen LogP contribution in [0.2, 0.25) is 0 Å². The first-order chi connectivity index (χ1) is 10.9. The Balaban J connectivity index is 1.78. The molecule has 2 atom stereocenters. The standard InChI is InChI=1S/C17H19NO4/c1-2-4-14-12(3-1)13(16-10-19-5-7-21-16)9-15(18-14)17-11-20-6-8-22-17/h1-4,9,16-17H,5-8,10-11H2. The number of aromatic nitrogens is 1. The van der Waals surface area contributed by atoms with E-state index in [4.69, 9.17) is 23.9 Å². The Morgan fingerprint density at radius 2 is 1.59 bits per heavy atom. The predicted molar refractivity (Wildman–Crippen MR) is 80.8 cm³/mol. The molecule has 5 nitrogen and oxygen atoms in total. The fraction of sp³-hybridized carbons (Fsp3) is 0.471. The first-order valence-corrected chi connectivity index (χ1v) is 7.70. The summed E-state index contributed by atoms with van der Waals surface area (Å²) in [6.07, 6.45) is -0.161. The van der Waals surface area contributed by atoms with Crippen LogP contribution in [-0.4, -0.2) is 44.6 Å². The lowest BCUT2D eigenvalue weighted by Gasteiger charge is -2.27. The van der Waals surface area contributed by atoms with Gasteiger partial charge in [-0.25, -0.2) is 4.98 Å². The van der Waals surface area contributed by atoms with E-state index in [0.717, 1.165) is 22.2 Å². The molecule has 0 N–H and O–H groups in total. The molecule has 0 amide bonds. The van der Waals surface area contributed by atoms with Gasteiger partial charge < -0.3 is 18.9 Å². The molecule has 3 heterocycles. The van der Waals surface area contributed by atoms with Crippen LogP contribution >= 0.6 is 0 Å². The second-order valence-corrected chi connectivity index (χ2v) is 5.52. The van der Waals surface area contributed by atoms with Crippen molar-refractivity contribution >= 4 is 10.9 Å². The summed E-state index contributed by atoms with van der Waals surface area (Å²) >= 11 is 0. The van der Waals surface area contributed by atoms with Crippen molar-refractivity contribution in [1.82, 2.24) is 4.98 Å². The highest BCUT2D eigenvalue weighted by atomic mass is 16.6. The van der Waals surface area contributed by atoms with Crippen LogP contribution in [0.4, 0.5) is 0 Å². The fourth-order valence-corrected chi connectivity index (χ4v) is 2.98. The van der Waals surface area contributed by atoms with Crippen molar-refractivity contribution < 1.29 is 18.9 Å². The van der Waals surface area contributed by atoms with Gasteiger partial charge in [-0.1, -0.05) is 18.2 Å². The topological polar surface area (TPSA) is 49.8 Å². The maximum absolute atomic E-state index is 5.89. The van der Waals surface area contributed by atoms with Crippen molar-refractivity contribution in [3.05, 3.63) is 41.6 Å². The molecule has 5 heteroatoms.